The minimum Gasteiger partial charge on any atom is -0.497 e. The number of nitrogens with zero attached hydrogens (tertiary/aromatic N) is 1. The van der Waals surface area contributed by atoms with Gasteiger partial charge in [-0.1, -0.05) is 36.4 Å². The summed E-state index contributed by atoms with van der Waals surface area (Å²) in [6.45, 7) is 3.49. The van der Waals surface area contributed by atoms with E-state index < -0.39 is 0 Å². The predicted molar refractivity (Wildman–Crippen MR) is 96.5 cm³/mol. The van der Waals surface area contributed by atoms with Crippen molar-refractivity contribution >= 4 is 12.4 Å². The Morgan fingerprint density at radius 1 is 1.09 bits per heavy atom. The third-order valence-electron chi connectivity index (χ3n) is 5.16. The molecule has 3 heteroatoms. The first-order chi connectivity index (χ1) is 10.8. The molecule has 2 aliphatic rings. The van der Waals surface area contributed by atoms with Crippen LogP contribution in [0.5, 0.6) is 5.75 Å². The normalized spacial score (nSPS) is 22.8. The number of rotatable bonds is 3. The summed E-state index contributed by atoms with van der Waals surface area (Å²) in [5.74, 6) is 2.49. The molecule has 4 rings (SSSR count). The first kappa shape index (κ1) is 16.4. The molecule has 1 aliphatic carbocycles. The molecule has 1 heterocycles. The molecule has 0 amide bonds. The molecule has 2 atom stereocenters. The van der Waals surface area contributed by atoms with Crippen molar-refractivity contribution in [3.8, 4) is 5.75 Å². The quantitative estimate of drug-likeness (QED) is 0.833. The van der Waals surface area contributed by atoms with Crippen LogP contribution in [0, 0.1) is 5.92 Å². The number of ether oxygens (including phenoxy) is 1. The maximum absolute atomic E-state index is 5.39. The topological polar surface area (TPSA) is 12.5 Å². The van der Waals surface area contributed by atoms with Gasteiger partial charge in [-0.3, -0.25) is 4.90 Å². The molecule has 0 saturated carbocycles. The Balaban J connectivity index is 0.00000156. The largest absolute Gasteiger partial charge is 0.497 e. The molecular weight excluding hydrogens is 306 g/mol. The van der Waals surface area contributed by atoms with Crippen LogP contribution in [0.4, 0.5) is 0 Å². The lowest BCUT2D eigenvalue weighted by molar-refractivity contribution is 0.138. The molecule has 0 spiro atoms. The lowest BCUT2D eigenvalue weighted by Crippen LogP contribution is -2.42. The van der Waals surface area contributed by atoms with Crippen molar-refractivity contribution in [1.29, 1.82) is 0 Å². The van der Waals surface area contributed by atoms with Crippen LogP contribution in [0.25, 0.3) is 0 Å². The standard InChI is InChI=1S/C20H23NO.ClH/c1-22-19-7-8-20-17(11-19)9-16-10-18(20)14-21(13-16)12-15-5-3-2-4-6-15;/h2-8,11,16,18H,9-10,12-14H2,1H3;1H. The minimum atomic E-state index is 0. The van der Waals surface area contributed by atoms with Crippen LogP contribution in [0.1, 0.15) is 29.0 Å². The molecule has 1 aliphatic heterocycles. The maximum atomic E-state index is 5.39. The van der Waals surface area contributed by atoms with Crippen LogP contribution in [0.3, 0.4) is 0 Å². The molecule has 0 aromatic heterocycles. The molecule has 122 valence electrons. The fourth-order valence-electron chi connectivity index (χ4n) is 4.24. The van der Waals surface area contributed by atoms with Crippen molar-refractivity contribution in [1.82, 2.24) is 4.90 Å². The second-order valence-electron chi connectivity index (χ2n) is 6.75. The Labute approximate surface area is 144 Å². The van der Waals surface area contributed by atoms with Crippen molar-refractivity contribution in [3.63, 3.8) is 0 Å². The number of likely N-dealkylation sites (tertiary alicyclic amines) is 1. The van der Waals surface area contributed by atoms with Crippen LogP contribution >= 0.6 is 12.4 Å². The summed E-state index contributed by atoms with van der Waals surface area (Å²) in [5.41, 5.74) is 4.49. The first-order valence-corrected chi connectivity index (χ1v) is 8.25. The van der Waals surface area contributed by atoms with Crippen molar-refractivity contribution in [3.05, 3.63) is 65.2 Å². The molecule has 2 nitrogen and oxygen atoms in total. The van der Waals surface area contributed by atoms with Crippen LogP contribution in [0.2, 0.25) is 0 Å². The van der Waals surface area contributed by atoms with Gasteiger partial charge in [0.1, 0.15) is 5.75 Å². The van der Waals surface area contributed by atoms with Crippen molar-refractivity contribution in [2.75, 3.05) is 20.2 Å². The molecule has 2 unspecified atom stereocenters. The molecule has 0 radical (unpaired) electrons. The van der Waals surface area contributed by atoms with Gasteiger partial charge in [-0.15, -0.1) is 12.4 Å². The average molecular weight is 330 g/mol. The van der Waals surface area contributed by atoms with Crippen LogP contribution < -0.4 is 4.74 Å². The summed E-state index contributed by atoms with van der Waals surface area (Å²) in [6.07, 6.45) is 2.55. The average Bonchev–Trinajstić information content (AvgIpc) is 2.55. The maximum Gasteiger partial charge on any atom is 0.119 e. The second-order valence-corrected chi connectivity index (χ2v) is 6.75. The SMILES string of the molecule is COc1ccc2c(c1)CC1CC2CN(Cc2ccccc2)C1.Cl. The molecule has 23 heavy (non-hydrogen) atoms. The van der Waals surface area contributed by atoms with Crippen LogP contribution in [-0.4, -0.2) is 25.1 Å². The monoisotopic (exact) mass is 329 g/mol. The summed E-state index contributed by atoms with van der Waals surface area (Å²) in [6, 6.07) is 17.5. The van der Waals surface area contributed by atoms with Crippen LogP contribution in [-0.2, 0) is 13.0 Å². The second kappa shape index (κ2) is 6.94. The van der Waals surface area contributed by atoms with Gasteiger partial charge in [0, 0.05) is 19.6 Å². The number of benzene rings is 2. The Hall–Kier alpha value is -1.51. The van der Waals surface area contributed by atoms with E-state index >= 15 is 0 Å². The van der Waals surface area contributed by atoms with Gasteiger partial charge in [-0.25, -0.2) is 0 Å². The fourth-order valence-corrected chi connectivity index (χ4v) is 4.24. The Bertz CT molecular complexity index is 658. The molecular formula is C20H24ClNO. The summed E-state index contributed by atoms with van der Waals surface area (Å²) < 4.78 is 5.39. The van der Waals surface area contributed by atoms with E-state index in [1.54, 1.807) is 12.7 Å². The first-order valence-electron chi connectivity index (χ1n) is 8.25. The van der Waals surface area contributed by atoms with E-state index in [9.17, 15) is 0 Å². The van der Waals surface area contributed by atoms with E-state index in [1.165, 1.54) is 37.1 Å². The summed E-state index contributed by atoms with van der Waals surface area (Å²) in [5, 5.41) is 0. The summed E-state index contributed by atoms with van der Waals surface area (Å²) in [4.78, 5) is 2.64. The number of hydrogen-bond acceptors (Lipinski definition) is 2. The van der Waals surface area contributed by atoms with Crippen LogP contribution in [0.15, 0.2) is 48.5 Å². The van der Waals surface area contributed by atoms with Crippen molar-refractivity contribution in [2.45, 2.75) is 25.3 Å². The molecule has 2 aromatic carbocycles. The van der Waals surface area contributed by atoms with Gasteiger partial charge in [0.25, 0.3) is 0 Å². The van der Waals surface area contributed by atoms with Gasteiger partial charge in [0.15, 0.2) is 0 Å². The minimum absolute atomic E-state index is 0. The number of piperidine rings is 1. The highest BCUT2D eigenvalue weighted by Crippen LogP contribution is 2.40. The van der Waals surface area contributed by atoms with E-state index in [0.29, 0.717) is 5.92 Å². The van der Waals surface area contributed by atoms with Gasteiger partial charge < -0.3 is 4.74 Å². The van der Waals surface area contributed by atoms with E-state index in [2.05, 4.69) is 53.4 Å². The van der Waals surface area contributed by atoms with E-state index in [1.807, 2.05) is 0 Å². The highest BCUT2D eigenvalue weighted by molar-refractivity contribution is 5.85. The number of hydrogen-bond donors (Lipinski definition) is 0. The highest BCUT2D eigenvalue weighted by Gasteiger charge is 2.33. The van der Waals surface area contributed by atoms with E-state index in [0.717, 1.165) is 18.2 Å². The lowest BCUT2D eigenvalue weighted by atomic mass is 9.74. The van der Waals surface area contributed by atoms with Gasteiger partial charge in [0.05, 0.1) is 7.11 Å². The van der Waals surface area contributed by atoms with Gasteiger partial charge in [-0.05, 0) is 53.5 Å². The molecule has 1 saturated heterocycles. The number of fused-ring (bicyclic) bond motifs is 4. The summed E-state index contributed by atoms with van der Waals surface area (Å²) >= 11 is 0. The molecule has 2 bridgehead atoms. The zero-order valence-electron chi connectivity index (χ0n) is 13.6. The van der Waals surface area contributed by atoms with Crippen molar-refractivity contribution < 1.29 is 4.74 Å². The van der Waals surface area contributed by atoms with Gasteiger partial charge in [0.2, 0.25) is 0 Å². The Morgan fingerprint density at radius 3 is 2.70 bits per heavy atom. The zero-order valence-corrected chi connectivity index (χ0v) is 14.4. The van der Waals surface area contributed by atoms with E-state index in [4.69, 9.17) is 4.74 Å². The third kappa shape index (κ3) is 3.39. The fraction of sp³-hybridized carbons (Fsp3) is 0.400. The van der Waals surface area contributed by atoms with E-state index in [-0.39, 0.29) is 12.4 Å². The Kier molecular flexibility index (Phi) is 4.93. The molecule has 1 fully saturated rings. The molecule has 2 aromatic rings. The predicted octanol–water partition coefficient (Wildman–Crippen LogP) is 4.28. The summed E-state index contributed by atoms with van der Waals surface area (Å²) in [7, 11) is 1.76. The zero-order chi connectivity index (χ0) is 14.9. The lowest BCUT2D eigenvalue weighted by Gasteiger charge is -2.42. The Morgan fingerprint density at radius 2 is 1.91 bits per heavy atom. The number of halogens is 1. The number of methoxy groups -OCH3 is 1. The van der Waals surface area contributed by atoms with Gasteiger partial charge >= 0.3 is 0 Å². The van der Waals surface area contributed by atoms with Gasteiger partial charge in [-0.2, -0.15) is 0 Å². The van der Waals surface area contributed by atoms with Crippen molar-refractivity contribution in [2.24, 2.45) is 5.92 Å². The smallest absolute Gasteiger partial charge is 0.119 e. The molecule has 0 N–H and O–H groups in total. The highest BCUT2D eigenvalue weighted by atomic mass is 35.5. The third-order valence-corrected chi connectivity index (χ3v) is 5.16.